The minimum atomic E-state index is -4.70. The van der Waals surface area contributed by atoms with Crippen molar-refractivity contribution in [3.8, 4) is 0 Å². The number of alkyl halides is 3. The first-order chi connectivity index (χ1) is 12.6. The molecule has 27 heavy (non-hydrogen) atoms. The van der Waals surface area contributed by atoms with Gasteiger partial charge in [-0.15, -0.1) is 5.10 Å². The molecule has 10 heteroatoms. The Labute approximate surface area is 162 Å². The van der Waals surface area contributed by atoms with Gasteiger partial charge in [-0.3, -0.25) is 4.79 Å². The van der Waals surface area contributed by atoms with Crippen molar-refractivity contribution >= 4 is 34.9 Å². The molecule has 2 atom stereocenters. The summed E-state index contributed by atoms with van der Waals surface area (Å²) in [6, 6.07) is 3.85. The van der Waals surface area contributed by atoms with Gasteiger partial charge < -0.3 is 5.32 Å². The van der Waals surface area contributed by atoms with E-state index < -0.39 is 18.0 Å². The van der Waals surface area contributed by atoms with Crippen LogP contribution in [0.2, 0.25) is 10.0 Å². The lowest BCUT2D eigenvalue weighted by Gasteiger charge is -2.34. The molecule has 0 spiro atoms. The largest absolute Gasteiger partial charge is 0.453 e. The molecule has 0 saturated heterocycles. The molecule has 0 amide bonds. The van der Waals surface area contributed by atoms with Crippen LogP contribution in [0.25, 0.3) is 0 Å². The third kappa shape index (κ3) is 3.10. The fourth-order valence-electron chi connectivity index (χ4n) is 3.52. The van der Waals surface area contributed by atoms with Crippen LogP contribution in [0.15, 0.2) is 29.5 Å². The Bertz CT molecular complexity index is 983. The van der Waals surface area contributed by atoms with E-state index >= 15 is 0 Å². The molecule has 0 unspecified atom stereocenters. The van der Waals surface area contributed by atoms with Crippen LogP contribution in [0.4, 0.5) is 19.1 Å². The molecule has 1 aromatic heterocycles. The zero-order chi connectivity index (χ0) is 19.5. The van der Waals surface area contributed by atoms with Crippen molar-refractivity contribution in [2.24, 2.45) is 5.92 Å². The van der Waals surface area contributed by atoms with E-state index in [4.69, 9.17) is 23.2 Å². The van der Waals surface area contributed by atoms with Crippen molar-refractivity contribution in [2.45, 2.75) is 32.0 Å². The van der Waals surface area contributed by atoms with Gasteiger partial charge in [0.1, 0.15) is 6.04 Å². The van der Waals surface area contributed by atoms with E-state index in [-0.39, 0.29) is 22.7 Å². The summed E-state index contributed by atoms with van der Waals surface area (Å²) in [4.78, 5) is 16.3. The molecule has 0 bridgehead atoms. The minimum Gasteiger partial charge on any atom is -0.328 e. The highest BCUT2D eigenvalue weighted by molar-refractivity contribution is 6.42. The Kier molecular flexibility index (Phi) is 4.23. The van der Waals surface area contributed by atoms with Crippen LogP contribution in [0.1, 0.15) is 37.2 Å². The average molecular weight is 417 g/mol. The Morgan fingerprint density at radius 3 is 2.63 bits per heavy atom. The second kappa shape index (κ2) is 6.24. The monoisotopic (exact) mass is 416 g/mol. The third-order valence-corrected chi connectivity index (χ3v) is 5.38. The summed E-state index contributed by atoms with van der Waals surface area (Å²) in [6.45, 7) is 1.91. The van der Waals surface area contributed by atoms with Crippen molar-refractivity contribution in [1.29, 1.82) is 0 Å². The maximum absolute atomic E-state index is 13.1. The van der Waals surface area contributed by atoms with Gasteiger partial charge in [0, 0.05) is 17.7 Å². The van der Waals surface area contributed by atoms with E-state index in [0.717, 1.165) is 4.68 Å². The molecule has 2 heterocycles. The predicted octanol–water partition coefficient (Wildman–Crippen LogP) is 4.87. The molecule has 5 nitrogen and oxygen atoms in total. The molecule has 2 aliphatic rings. The summed E-state index contributed by atoms with van der Waals surface area (Å²) in [5, 5.41) is 7.05. The van der Waals surface area contributed by atoms with E-state index in [1.807, 2.05) is 6.92 Å². The molecule has 1 aliphatic carbocycles. The topological polar surface area (TPSA) is 59.8 Å². The molecule has 2 aromatic rings. The Balaban J connectivity index is 1.92. The SMILES string of the molecule is C[C@H]1CC(=O)C2=C(C1)Nc1nc(C(F)(F)F)nn1[C@H]2c1ccc(Cl)c(Cl)c1. The number of hydrogen-bond acceptors (Lipinski definition) is 4. The van der Waals surface area contributed by atoms with Gasteiger partial charge in [-0.1, -0.05) is 36.2 Å². The molecule has 1 aliphatic heterocycles. The average Bonchev–Trinajstić information content (AvgIpc) is 2.99. The smallest absolute Gasteiger partial charge is 0.328 e. The fraction of sp³-hybridized carbons (Fsp3) is 0.353. The van der Waals surface area contributed by atoms with E-state index in [1.54, 1.807) is 12.1 Å². The summed E-state index contributed by atoms with van der Waals surface area (Å²) in [6.07, 6.45) is -3.85. The van der Waals surface area contributed by atoms with Crippen LogP contribution in [-0.2, 0) is 11.0 Å². The predicted molar refractivity (Wildman–Crippen MR) is 93.7 cm³/mol. The molecule has 1 aromatic carbocycles. The van der Waals surface area contributed by atoms with Crippen LogP contribution >= 0.6 is 23.2 Å². The summed E-state index contributed by atoms with van der Waals surface area (Å²) >= 11 is 12.1. The Morgan fingerprint density at radius 2 is 1.96 bits per heavy atom. The number of hydrogen-bond donors (Lipinski definition) is 1. The third-order valence-electron chi connectivity index (χ3n) is 4.64. The van der Waals surface area contributed by atoms with Crippen molar-refractivity contribution in [1.82, 2.24) is 14.8 Å². The number of aromatic nitrogens is 3. The molecular weight excluding hydrogens is 404 g/mol. The fourth-order valence-corrected chi connectivity index (χ4v) is 3.82. The zero-order valence-electron chi connectivity index (χ0n) is 13.9. The molecule has 142 valence electrons. The molecular formula is C17H13Cl2F3N4O. The second-order valence-electron chi connectivity index (χ2n) is 6.73. The quantitative estimate of drug-likeness (QED) is 0.719. The van der Waals surface area contributed by atoms with E-state index in [1.165, 1.54) is 6.07 Å². The van der Waals surface area contributed by atoms with Gasteiger partial charge in [0.05, 0.1) is 10.0 Å². The number of Topliss-reactive ketones (excluding diaryl/α,β-unsaturated/α-hetero) is 1. The highest BCUT2D eigenvalue weighted by Gasteiger charge is 2.43. The first kappa shape index (κ1) is 18.3. The zero-order valence-corrected chi connectivity index (χ0v) is 15.5. The maximum Gasteiger partial charge on any atom is 0.453 e. The van der Waals surface area contributed by atoms with Gasteiger partial charge in [0.25, 0.3) is 5.82 Å². The number of fused-ring (bicyclic) bond motifs is 1. The first-order valence-corrected chi connectivity index (χ1v) is 8.92. The second-order valence-corrected chi connectivity index (χ2v) is 7.55. The van der Waals surface area contributed by atoms with Crippen LogP contribution in [0, 0.1) is 5.92 Å². The first-order valence-electron chi connectivity index (χ1n) is 8.17. The number of nitrogens with zero attached hydrogens (tertiary/aromatic N) is 3. The Hall–Kier alpha value is -2.06. The molecule has 0 saturated carbocycles. The summed E-state index contributed by atoms with van der Waals surface area (Å²) in [5.41, 5.74) is 1.47. The number of carbonyl (C=O) groups is 1. The van der Waals surface area contributed by atoms with Gasteiger partial charge in [-0.05, 0) is 30.0 Å². The van der Waals surface area contributed by atoms with E-state index in [2.05, 4.69) is 15.4 Å². The number of ketones is 1. The van der Waals surface area contributed by atoms with Crippen LogP contribution in [0.5, 0.6) is 0 Å². The van der Waals surface area contributed by atoms with Crippen molar-refractivity contribution in [3.05, 3.63) is 50.9 Å². The number of anilines is 1. The van der Waals surface area contributed by atoms with Crippen LogP contribution in [0.3, 0.4) is 0 Å². The van der Waals surface area contributed by atoms with Crippen LogP contribution < -0.4 is 5.32 Å². The number of carbonyl (C=O) groups excluding carboxylic acids is 1. The number of allylic oxidation sites excluding steroid dienone is 2. The summed E-state index contributed by atoms with van der Waals surface area (Å²) in [5.74, 6) is -1.38. The number of nitrogens with one attached hydrogen (secondary N) is 1. The normalized spacial score (nSPS) is 22.4. The minimum absolute atomic E-state index is 0.0564. The van der Waals surface area contributed by atoms with Crippen molar-refractivity contribution in [2.75, 3.05) is 5.32 Å². The number of benzene rings is 1. The summed E-state index contributed by atoms with van der Waals surface area (Å²) in [7, 11) is 0. The van der Waals surface area contributed by atoms with Gasteiger partial charge in [0.2, 0.25) is 5.95 Å². The van der Waals surface area contributed by atoms with Crippen molar-refractivity contribution in [3.63, 3.8) is 0 Å². The van der Waals surface area contributed by atoms with Gasteiger partial charge in [0.15, 0.2) is 5.78 Å². The van der Waals surface area contributed by atoms with E-state index in [0.29, 0.717) is 34.7 Å². The number of rotatable bonds is 1. The maximum atomic E-state index is 13.1. The number of halogens is 5. The lowest BCUT2D eigenvalue weighted by molar-refractivity contribution is -0.145. The molecule has 1 N–H and O–H groups in total. The molecule has 4 rings (SSSR count). The van der Waals surface area contributed by atoms with Gasteiger partial charge in [-0.25, -0.2) is 4.68 Å². The molecule has 0 fully saturated rings. The summed E-state index contributed by atoms with van der Waals surface area (Å²) < 4.78 is 40.5. The standard InChI is InChI=1S/C17H13Cl2F3N4O/c1-7-4-11-13(12(27)5-7)14(8-2-3-9(18)10(19)6-8)26-16(23-11)24-15(25-26)17(20,21)22/h2-3,6-7,14H,4-5H2,1H3,(H,23,24,25)/t7-,14+/m1/s1. The van der Waals surface area contributed by atoms with Gasteiger partial charge >= 0.3 is 6.18 Å². The highest BCUT2D eigenvalue weighted by Crippen LogP contribution is 2.43. The van der Waals surface area contributed by atoms with Crippen molar-refractivity contribution < 1.29 is 18.0 Å². The Morgan fingerprint density at radius 1 is 1.22 bits per heavy atom. The van der Waals surface area contributed by atoms with Crippen LogP contribution in [-0.4, -0.2) is 20.5 Å². The van der Waals surface area contributed by atoms with Gasteiger partial charge in [-0.2, -0.15) is 18.2 Å². The lowest BCUT2D eigenvalue weighted by Crippen LogP contribution is -2.33. The molecule has 0 radical (unpaired) electrons. The van der Waals surface area contributed by atoms with E-state index in [9.17, 15) is 18.0 Å². The highest BCUT2D eigenvalue weighted by atomic mass is 35.5. The lowest BCUT2D eigenvalue weighted by atomic mass is 9.81.